The Kier molecular flexibility index (Phi) is 6.49. The van der Waals surface area contributed by atoms with Crippen molar-refractivity contribution in [3.8, 4) is 0 Å². The number of methoxy groups -OCH3 is 1. The van der Waals surface area contributed by atoms with E-state index < -0.39 is 11.7 Å². The number of hydrogen-bond donors (Lipinski definition) is 2. The number of benzene rings is 1. The molecule has 0 saturated carbocycles. The fourth-order valence-corrected chi connectivity index (χ4v) is 1.84. The van der Waals surface area contributed by atoms with Crippen LogP contribution in [0.15, 0.2) is 24.3 Å². The van der Waals surface area contributed by atoms with Crippen molar-refractivity contribution in [3.63, 3.8) is 0 Å². The smallest absolute Gasteiger partial charge is 0.407 e. The SMILES string of the molecule is COCC(C)Nc1cccc(CNC(=O)OC(C)(C)C)c1. The normalized spacial score (nSPS) is 12.6. The number of amides is 1. The van der Waals surface area contributed by atoms with Crippen LogP contribution in [0, 0.1) is 0 Å². The Labute approximate surface area is 127 Å². The molecule has 1 aromatic carbocycles. The van der Waals surface area contributed by atoms with Gasteiger partial charge in [-0.15, -0.1) is 0 Å². The fourth-order valence-electron chi connectivity index (χ4n) is 1.84. The first-order chi connectivity index (χ1) is 9.80. The summed E-state index contributed by atoms with van der Waals surface area (Å²) in [5.74, 6) is 0. The first-order valence-electron chi connectivity index (χ1n) is 7.11. The highest BCUT2D eigenvalue weighted by Crippen LogP contribution is 2.12. The van der Waals surface area contributed by atoms with Crippen molar-refractivity contribution in [2.75, 3.05) is 19.0 Å². The average Bonchev–Trinajstić information content (AvgIpc) is 2.35. The summed E-state index contributed by atoms with van der Waals surface area (Å²) in [7, 11) is 1.68. The lowest BCUT2D eigenvalue weighted by Crippen LogP contribution is -2.32. The molecule has 2 N–H and O–H groups in total. The van der Waals surface area contributed by atoms with Gasteiger partial charge in [-0.25, -0.2) is 4.79 Å². The number of carbonyl (C=O) groups excluding carboxylic acids is 1. The zero-order valence-corrected chi connectivity index (χ0v) is 13.5. The Morgan fingerprint density at radius 2 is 2.05 bits per heavy atom. The fraction of sp³-hybridized carbons (Fsp3) is 0.562. The van der Waals surface area contributed by atoms with Crippen LogP contribution in [0.2, 0.25) is 0 Å². The van der Waals surface area contributed by atoms with Crippen molar-refractivity contribution in [1.29, 1.82) is 0 Å². The summed E-state index contributed by atoms with van der Waals surface area (Å²) < 4.78 is 10.3. The average molecular weight is 294 g/mol. The molecule has 1 unspecified atom stereocenters. The highest BCUT2D eigenvalue weighted by molar-refractivity contribution is 5.67. The minimum Gasteiger partial charge on any atom is -0.444 e. The molecule has 1 rings (SSSR count). The molecule has 118 valence electrons. The van der Waals surface area contributed by atoms with E-state index in [4.69, 9.17) is 9.47 Å². The number of nitrogens with one attached hydrogen (secondary N) is 2. The minimum absolute atomic E-state index is 0.226. The third-order valence-electron chi connectivity index (χ3n) is 2.59. The monoisotopic (exact) mass is 294 g/mol. The molecule has 5 heteroatoms. The van der Waals surface area contributed by atoms with Crippen LogP contribution in [0.25, 0.3) is 0 Å². The molecular weight excluding hydrogens is 268 g/mol. The lowest BCUT2D eigenvalue weighted by Gasteiger charge is -2.20. The van der Waals surface area contributed by atoms with Crippen molar-refractivity contribution < 1.29 is 14.3 Å². The van der Waals surface area contributed by atoms with Crippen LogP contribution < -0.4 is 10.6 Å². The van der Waals surface area contributed by atoms with Crippen molar-refractivity contribution in [2.45, 2.75) is 45.9 Å². The second-order valence-corrected chi connectivity index (χ2v) is 6.06. The zero-order valence-electron chi connectivity index (χ0n) is 13.5. The van der Waals surface area contributed by atoms with Gasteiger partial charge in [0.1, 0.15) is 5.60 Å². The van der Waals surface area contributed by atoms with Crippen LogP contribution in [0.4, 0.5) is 10.5 Å². The zero-order chi connectivity index (χ0) is 15.9. The van der Waals surface area contributed by atoms with Crippen LogP contribution in [0.1, 0.15) is 33.3 Å². The molecule has 0 saturated heterocycles. The molecule has 1 amide bonds. The topological polar surface area (TPSA) is 59.6 Å². The van der Waals surface area contributed by atoms with E-state index in [-0.39, 0.29) is 6.04 Å². The summed E-state index contributed by atoms with van der Waals surface area (Å²) in [6, 6.07) is 8.13. The van der Waals surface area contributed by atoms with Crippen molar-refractivity contribution in [1.82, 2.24) is 5.32 Å². The van der Waals surface area contributed by atoms with E-state index in [1.165, 1.54) is 0 Å². The minimum atomic E-state index is -0.483. The van der Waals surface area contributed by atoms with Crippen LogP contribution in [0.5, 0.6) is 0 Å². The van der Waals surface area contributed by atoms with Crippen molar-refractivity contribution in [2.24, 2.45) is 0 Å². The molecule has 0 aromatic heterocycles. The van der Waals surface area contributed by atoms with Crippen LogP contribution in [0.3, 0.4) is 0 Å². The molecule has 21 heavy (non-hydrogen) atoms. The Bertz CT molecular complexity index is 455. The van der Waals surface area contributed by atoms with Crippen LogP contribution >= 0.6 is 0 Å². The molecule has 0 spiro atoms. The first kappa shape index (κ1) is 17.3. The van der Waals surface area contributed by atoms with Gasteiger partial charge in [0.15, 0.2) is 0 Å². The maximum absolute atomic E-state index is 11.6. The summed E-state index contributed by atoms with van der Waals surface area (Å²) in [5.41, 5.74) is 1.53. The Morgan fingerprint density at radius 3 is 2.67 bits per heavy atom. The number of rotatable bonds is 6. The van der Waals surface area contributed by atoms with Gasteiger partial charge in [0.25, 0.3) is 0 Å². The first-order valence-corrected chi connectivity index (χ1v) is 7.11. The number of alkyl carbamates (subject to hydrolysis) is 1. The van der Waals surface area contributed by atoms with E-state index in [9.17, 15) is 4.79 Å². The maximum Gasteiger partial charge on any atom is 0.407 e. The van der Waals surface area contributed by atoms with Crippen LogP contribution in [-0.2, 0) is 16.0 Å². The van der Waals surface area contributed by atoms with E-state index in [1.54, 1.807) is 7.11 Å². The number of hydrogen-bond acceptors (Lipinski definition) is 4. The summed E-state index contributed by atoms with van der Waals surface area (Å²) in [6.45, 7) is 8.65. The largest absolute Gasteiger partial charge is 0.444 e. The molecule has 0 aliphatic rings. The molecule has 0 aliphatic carbocycles. The highest BCUT2D eigenvalue weighted by atomic mass is 16.6. The standard InChI is InChI=1S/C16H26N2O3/c1-12(11-20-5)18-14-8-6-7-13(9-14)10-17-15(19)21-16(2,3)4/h6-9,12,18H,10-11H2,1-5H3,(H,17,19). The number of anilines is 1. The van der Waals surface area contributed by atoms with Gasteiger partial charge in [-0.2, -0.15) is 0 Å². The quantitative estimate of drug-likeness (QED) is 0.846. The van der Waals surface area contributed by atoms with Crippen molar-refractivity contribution >= 4 is 11.8 Å². The van der Waals surface area contributed by atoms with Gasteiger partial charge in [0.2, 0.25) is 0 Å². The highest BCUT2D eigenvalue weighted by Gasteiger charge is 2.15. The number of carbonyl (C=O) groups is 1. The molecule has 0 heterocycles. The van der Waals surface area contributed by atoms with E-state index >= 15 is 0 Å². The lowest BCUT2D eigenvalue weighted by atomic mass is 10.2. The Hall–Kier alpha value is -1.75. The predicted octanol–water partition coefficient (Wildman–Crippen LogP) is 3.16. The third kappa shape index (κ3) is 7.56. The molecule has 0 bridgehead atoms. The van der Waals surface area contributed by atoms with E-state index in [1.807, 2.05) is 45.0 Å². The summed E-state index contributed by atoms with van der Waals surface area (Å²) in [6.07, 6.45) is -0.409. The Balaban J connectivity index is 2.51. The van der Waals surface area contributed by atoms with E-state index in [0.717, 1.165) is 11.3 Å². The number of ether oxygens (including phenoxy) is 2. The molecule has 5 nitrogen and oxygen atoms in total. The molecule has 0 fully saturated rings. The van der Waals surface area contributed by atoms with E-state index in [0.29, 0.717) is 13.2 Å². The third-order valence-corrected chi connectivity index (χ3v) is 2.59. The van der Waals surface area contributed by atoms with Gasteiger partial charge in [-0.05, 0) is 45.4 Å². The van der Waals surface area contributed by atoms with Crippen LogP contribution in [-0.4, -0.2) is 31.5 Å². The van der Waals surface area contributed by atoms with Crippen molar-refractivity contribution in [3.05, 3.63) is 29.8 Å². The second-order valence-electron chi connectivity index (χ2n) is 6.06. The second kappa shape index (κ2) is 7.88. The molecular formula is C16H26N2O3. The maximum atomic E-state index is 11.6. The van der Waals surface area contributed by atoms with Gasteiger partial charge < -0.3 is 20.1 Å². The van der Waals surface area contributed by atoms with E-state index in [2.05, 4.69) is 17.6 Å². The summed E-state index contributed by atoms with van der Waals surface area (Å²) in [4.78, 5) is 11.6. The van der Waals surface area contributed by atoms with Gasteiger partial charge in [0, 0.05) is 25.4 Å². The predicted molar refractivity (Wildman–Crippen MR) is 84.5 cm³/mol. The summed E-state index contributed by atoms with van der Waals surface area (Å²) >= 11 is 0. The molecule has 0 radical (unpaired) electrons. The Morgan fingerprint density at radius 1 is 1.33 bits per heavy atom. The van der Waals surface area contributed by atoms with Gasteiger partial charge in [-0.3, -0.25) is 0 Å². The lowest BCUT2D eigenvalue weighted by molar-refractivity contribution is 0.0523. The molecule has 1 atom stereocenters. The summed E-state index contributed by atoms with van der Waals surface area (Å²) in [5, 5.41) is 6.09. The molecule has 1 aromatic rings. The van der Waals surface area contributed by atoms with Gasteiger partial charge >= 0.3 is 6.09 Å². The molecule has 0 aliphatic heterocycles. The van der Waals surface area contributed by atoms with Gasteiger partial charge in [-0.1, -0.05) is 12.1 Å². The van der Waals surface area contributed by atoms with Gasteiger partial charge in [0.05, 0.1) is 6.61 Å².